The summed E-state index contributed by atoms with van der Waals surface area (Å²) in [5.74, 6) is -0.101. The van der Waals surface area contributed by atoms with E-state index in [1.165, 1.54) is 6.33 Å². The fraction of sp³-hybridized carbons (Fsp3) is 0.0588. The number of carbonyl (C=O) groups is 2. The van der Waals surface area contributed by atoms with Crippen LogP contribution in [0.4, 0.5) is 5.69 Å². The van der Waals surface area contributed by atoms with Gasteiger partial charge in [0.2, 0.25) is 0 Å². The molecule has 2 amide bonds. The van der Waals surface area contributed by atoms with Gasteiger partial charge in [-0.3, -0.25) is 14.7 Å². The smallest absolute Gasteiger partial charge is 0.259 e. The number of H-pyrrole nitrogens is 1. The van der Waals surface area contributed by atoms with Crippen LogP contribution in [-0.4, -0.2) is 33.6 Å². The number of amides is 2. The van der Waals surface area contributed by atoms with Crippen molar-refractivity contribution in [2.75, 3.05) is 11.9 Å². The predicted molar refractivity (Wildman–Crippen MR) is 90.9 cm³/mol. The topological polar surface area (TPSA) is 123 Å². The number of anilines is 1. The Morgan fingerprint density at radius 1 is 1.16 bits per heavy atom. The molecular formula is C17H15N5O3. The number of ether oxygens (including phenoxy) is 1. The molecule has 0 aliphatic rings. The first-order valence-electron chi connectivity index (χ1n) is 7.41. The SMILES string of the molecule is NC(=O)COc1ccccc1C(=O)Nc1cccc(-c2ncn[nH]2)c1. The van der Waals surface area contributed by atoms with Crippen molar-refractivity contribution in [3.05, 3.63) is 60.4 Å². The third-order valence-electron chi connectivity index (χ3n) is 3.31. The first kappa shape index (κ1) is 16.2. The lowest BCUT2D eigenvalue weighted by molar-refractivity contribution is -0.119. The summed E-state index contributed by atoms with van der Waals surface area (Å²) in [6, 6.07) is 13.8. The van der Waals surface area contributed by atoms with Gasteiger partial charge in [-0.15, -0.1) is 0 Å². The minimum absolute atomic E-state index is 0.283. The quantitative estimate of drug-likeness (QED) is 0.630. The van der Waals surface area contributed by atoms with E-state index in [1.54, 1.807) is 42.5 Å². The number of nitrogens with one attached hydrogen (secondary N) is 2. The van der Waals surface area contributed by atoms with Crippen molar-refractivity contribution in [1.82, 2.24) is 15.2 Å². The van der Waals surface area contributed by atoms with E-state index in [0.29, 0.717) is 17.1 Å². The second-order valence-electron chi connectivity index (χ2n) is 5.12. The number of primary amides is 1. The molecule has 3 aromatic rings. The number of aromatic amines is 1. The summed E-state index contributed by atoms with van der Waals surface area (Å²) < 4.78 is 5.28. The van der Waals surface area contributed by atoms with E-state index < -0.39 is 5.91 Å². The number of aromatic nitrogens is 3. The highest BCUT2D eigenvalue weighted by molar-refractivity contribution is 6.06. The van der Waals surface area contributed by atoms with Crippen molar-refractivity contribution in [2.24, 2.45) is 5.73 Å². The average molecular weight is 337 g/mol. The molecule has 0 radical (unpaired) electrons. The van der Waals surface area contributed by atoms with E-state index in [2.05, 4.69) is 20.5 Å². The van der Waals surface area contributed by atoms with Crippen molar-refractivity contribution in [3.63, 3.8) is 0 Å². The first-order valence-corrected chi connectivity index (χ1v) is 7.41. The summed E-state index contributed by atoms with van der Waals surface area (Å²) >= 11 is 0. The van der Waals surface area contributed by atoms with Gasteiger partial charge in [-0.05, 0) is 24.3 Å². The highest BCUT2D eigenvalue weighted by atomic mass is 16.5. The highest BCUT2D eigenvalue weighted by Gasteiger charge is 2.13. The Balaban J connectivity index is 1.79. The van der Waals surface area contributed by atoms with Gasteiger partial charge >= 0.3 is 0 Å². The maximum absolute atomic E-state index is 12.5. The highest BCUT2D eigenvalue weighted by Crippen LogP contribution is 2.22. The van der Waals surface area contributed by atoms with Gasteiger partial charge in [0.15, 0.2) is 12.4 Å². The Morgan fingerprint density at radius 3 is 2.76 bits per heavy atom. The number of hydrogen-bond acceptors (Lipinski definition) is 5. The van der Waals surface area contributed by atoms with Crippen LogP contribution in [0.2, 0.25) is 0 Å². The van der Waals surface area contributed by atoms with Crippen LogP contribution in [-0.2, 0) is 4.79 Å². The van der Waals surface area contributed by atoms with Crippen molar-refractivity contribution in [1.29, 1.82) is 0 Å². The van der Waals surface area contributed by atoms with Gasteiger partial charge in [0, 0.05) is 11.3 Å². The molecule has 126 valence electrons. The number of carbonyl (C=O) groups excluding carboxylic acids is 2. The zero-order valence-corrected chi connectivity index (χ0v) is 13.1. The van der Waals surface area contributed by atoms with E-state index in [1.807, 2.05) is 6.07 Å². The zero-order valence-electron chi connectivity index (χ0n) is 13.1. The molecule has 3 rings (SSSR count). The summed E-state index contributed by atoms with van der Waals surface area (Å²) in [5.41, 5.74) is 6.75. The average Bonchev–Trinajstić information content (AvgIpc) is 3.15. The summed E-state index contributed by atoms with van der Waals surface area (Å²) in [5, 5.41) is 9.36. The molecule has 0 aliphatic carbocycles. The molecule has 0 unspecified atom stereocenters. The molecule has 8 nitrogen and oxygen atoms in total. The number of hydrogen-bond donors (Lipinski definition) is 3. The van der Waals surface area contributed by atoms with Crippen molar-refractivity contribution < 1.29 is 14.3 Å². The van der Waals surface area contributed by atoms with Crippen LogP contribution in [0.3, 0.4) is 0 Å². The molecule has 0 saturated carbocycles. The lowest BCUT2D eigenvalue weighted by atomic mass is 10.1. The summed E-state index contributed by atoms with van der Waals surface area (Å²) in [4.78, 5) is 27.5. The predicted octanol–water partition coefficient (Wildman–Crippen LogP) is 1.59. The van der Waals surface area contributed by atoms with E-state index in [0.717, 1.165) is 5.56 Å². The van der Waals surface area contributed by atoms with Crippen molar-refractivity contribution >= 4 is 17.5 Å². The molecule has 0 saturated heterocycles. The van der Waals surface area contributed by atoms with Crippen LogP contribution >= 0.6 is 0 Å². The molecule has 0 bridgehead atoms. The van der Waals surface area contributed by atoms with E-state index >= 15 is 0 Å². The number of benzene rings is 2. The standard InChI is InChI=1S/C17H15N5O3/c18-15(23)9-25-14-7-2-1-6-13(14)17(24)21-12-5-3-4-11(8-12)16-19-10-20-22-16/h1-8,10H,9H2,(H2,18,23)(H,21,24)(H,19,20,22). The molecule has 1 heterocycles. The largest absolute Gasteiger partial charge is 0.483 e. The summed E-state index contributed by atoms with van der Waals surface area (Å²) in [6.07, 6.45) is 1.41. The fourth-order valence-corrected chi connectivity index (χ4v) is 2.22. The van der Waals surface area contributed by atoms with Crippen LogP contribution < -0.4 is 15.8 Å². The van der Waals surface area contributed by atoms with Crippen LogP contribution in [0.5, 0.6) is 5.75 Å². The van der Waals surface area contributed by atoms with Gasteiger partial charge in [-0.25, -0.2) is 4.98 Å². The van der Waals surface area contributed by atoms with Crippen molar-refractivity contribution in [3.8, 4) is 17.1 Å². The van der Waals surface area contributed by atoms with Crippen LogP contribution in [0.25, 0.3) is 11.4 Å². The van der Waals surface area contributed by atoms with Gasteiger partial charge in [0.25, 0.3) is 11.8 Å². The van der Waals surface area contributed by atoms with Gasteiger partial charge in [-0.1, -0.05) is 24.3 Å². The van der Waals surface area contributed by atoms with E-state index in [4.69, 9.17) is 10.5 Å². The molecule has 0 spiro atoms. The third kappa shape index (κ3) is 3.99. The number of para-hydroxylation sites is 1. The Bertz CT molecular complexity index is 893. The van der Waals surface area contributed by atoms with Crippen LogP contribution in [0.15, 0.2) is 54.9 Å². The molecule has 8 heteroatoms. The monoisotopic (exact) mass is 337 g/mol. The van der Waals surface area contributed by atoms with Gasteiger partial charge in [-0.2, -0.15) is 5.10 Å². The van der Waals surface area contributed by atoms with Crippen LogP contribution in [0, 0.1) is 0 Å². The second kappa shape index (κ2) is 7.26. The molecule has 1 aromatic heterocycles. The third-order valence-corrected chi connectivity index (χ3v) is 3.31. The lowest BCUT2D eigenvalue weighted by Gasteiger charge is -2.11. The molecule has 0 fully saturated rings. The summed E-state index contributed by atoms with van der Waals surface area (Å²) in [7, 11) is 0. The maximum atomic E-state index is 12.5. The first-order chi connectivity index (χ1) is 12.1. The Kier molecular flexibility index (Phi) is 4.70. The Morgan fingerprint density at radius 2 is 2.00 bits per heavy atom. The fourth-order valence-electron chi connectivity index (χ4n) is 2.22. The molecule has 0 aliphatic heterocycles. The molecule has 0 atom stereocenters. The summed E-state index contributed by atoms with van der Waals surface area (Å²) in [6.45, 7) is -0.300. The Labute approximate surface area is 143 Å². The number of nitrogens with two attached hydrogens (primary N) is 1. The minimum Gasteiger partial charge on any atom is -0.483 e. The number of nitrogens with zero attached hydrogens (tertiary/aromatic N) is 2. The second-order valence-corrected chi connectivity index (χ2v) is 5.12. The number of rotatable bonds is 6. The van der Waals surface area contributed by atoms with Crippen molar-refractivity contribution in [2.45, 2.75) is 0 Å². The normalized spacial score (nSPS) is 10.2. The van der Waals surface area contributed by atoms with E-state index in [-0.39, 0.29) is 18.3 Å². The zero-order chi connectivity index (χ0) is 17.6. The molecule has 4 N–H and O–H groups in total. The minimum atomic E-state index is -0.616. The van der Waals surface area contributed by atoms with Crippen LogP contribution in [0.1, 0.15) is 10.4 Å². The molecular weight excluding hydrogens is 322 g/mol. The molecule has 25 heavy (non-hydrogen) atoms. The maximum Gasteiger partial charge on any atom is 0.259 e. The van der Waals surface area contributed by atoms with Gasteiger partial charge < -0.3 is 15.8 Å². The Hall–Kier alpha value is -3.68. The molecule has 2 aromatic carbocycles. The lowest BCUT2D eigenvalue weighted by Crippen LogP contribution is -2.21. The van der Waals surface area contributed by atoms with E-state index in [9.17, 15) is 9.59 Å². The van der Waals surface area contributed by atoms with Gasteiger partial charge in [0.05, 0.1) is 5.56 Å². The van der Waals surface area contributed by atoms with Gasteiger partial charge in [0.1, 0.15) is 12.1 Å².